The summed E-state index contributed by atoms with van der Waals surface area (Å²) in [6.45, 7) is 2.63. The topological polar surface area (TPSA) is 37.9 Å². The monoisotopic (exact) mass is 224 g/mol. The molecular weight excluding hydrogens is 212 g/mol. The van der Waals surface area contributed by atoms with E-state index in [4.69, 9.17) is 16.3 Å². The van der Waals surface area contributed by atoms with Gasteiger partial charge in [0.2, 0.25) is 0 Å². The van der Waals surface area contributed by atoms with Crippen LogP contribution < -0.4 is 4.74 Å². The highest BCUT2D eigenvalue weighted by Gasteiger charge is 2.04. The number of aromatic nitrogens is 2. The van der Waals surface area contributed by atoms with E-state index in [-0.39, 0.29) is 0 Å². The van der Waals surface area contributed by atoms with E-state index < -0.39 is 0 Å². The van der Waals surface area contributed by atoms with Crippen LogP contribution in [0.5, 0.6) is 5.75 Å². The van der Waals surface area contributed by atoms with Gasteiger partial charge in [-0.25, -0.2) is 0 Å². The molecule has 1 aromatic heterocycles. The highest BCUT2D eigenvalue weighted by molar-refractivity contribution is 6.18. The van der Waals surface area contributed by atoms with E-state index >= 15 is 0 Å². The molecule has 15 heavy (non-hydrogen) atoms. The molecule has 4 heteroatoms. The average molecular weight is 225 g/mol. The number of fused-ring (bicyclic) bond motifs is 1. The third-order valence-electron chi connectivity index (χ3n) is 2.30. The molecule has 0 atom stereocenters. The van der Waals surface area contributed by atoms with Gasteiger partial charge in [-0.2, -0.15) is 5.10 Å². The number of rotatable bonds is 4. The van der Waals surface area contributed by atoms with E-state index in [9.17, 15) is 0 Å². The molecule has 0 fully saturated rings. The molecule has 0 radical (unpaired) electrons. The molecule has 0 aliphatic heterocycles. The lowest BCUT2D eigenvalue weighted by Crippen LogP contribution is -1.97. The molecule has 1 N–H and O–H groups in total. The van der Waals surface area contributed by atoms with E-state index in [0.717, 1.165) is 28.8 Å². The summed E-state index contributed by atoms with van der Waals surface area (Å²) in [6.07, 6.45) is 0.940. The number of ether oxygens (including phenoxy) is 1. The minimum absolute atomic E-state index is 0.504. The third kappa shape index (κ3) is 2.07. The van der Waals surface area contributed by atoms with Crippen molar-refractivity contribution in [3.63, 3.8) is 0 Å². The number of aromatic amines is 1. The zero-order valence-electron chi connectivity index (χ0n) is 8.59. The van der Waals surface area contributed by atoms with Gasteiger partial charge in [-0.05, 0) is 24.6 Å². The van der Waals surface area contributed by atoms with Gasteiger partial charge in [-0.15, -0.1) is 11.6 Å². The Hall–Kier alpha value is -1.22. The summed E-state index contributed by atoms with van der Waals surface area (Å²) >= 11 is 5.56. The summed E-state index contributed by atoms with van der Waals surface area (Å²) in [5.74, 6) is 1.35. The lowest BCUT2D eigenvalue weighted by Gasteiger charge is -2.03. The Balaban J connectivity index is 2.35. The van der Waals surface area contributed by atoms with Crippen LogP contribution in [0.25, 0.3) is 10.9 Å². The van der Waals surface area contributed by atoms with Crippen molar-refractivity contribution in [2.24, 2.45) is 0 Å². The number of alkyl halides is 1. The van der Waals surface area contributed by atoms with E-state index in [1.54, 1.807) is 0 Å². The molecular formula is C11H13ClN2O. The quantitative estimate of drug-likeness (QED) is 0.811. The van der Waals surface area contributed by atoms with Gasteiger partial charge in [-0.3, -0.25) is 5.10 Å². The average Bonchev–Trinajstić information content (AvgIpc) is 2.68. The van der Waals surface area contributed by atoms with Crippen LogP contribution in [-0.2, 0) is 6.42 Å². The third-order valence-corrected chi connectivity index (χ3v) is 2.46. The molecule has 0 aliphatic rings. The van der Waals surface area contributed by atoms with E-state index in [2.05, 4.69) is 17.1 Å². The molecule has 2 rings (SSSR count). The second-order valence-corrected chi connectivity index (χ2v) is 3.65. The molecule has 80 valence electrons. The molecule has 1 aromatic carbocycles. The number of aryl methyl sites for hydroxylation is 1. The van der Waals surface area contributed by atoms with Gasteiger partial charge in [0, 0.05) is 11.1 Å². The van der Waals surface area contributed by atoms with Crippen molar-refractivity contribution in [3.8, 4) is 5.75 Å². The molecule has 2 aromatic rings. The smallest absolute Gasteiger partial charge is 0.120 e. The number of halogens is 1. The fourth-order valence-electron chi connectivity index (χ4n) is 1.56. The summed E-state index contributed by atoms with van der Waals surface area (Å²) in [4.78, 5) is 0. The predicted octanol–water partition coefficient (Wildman–Crippen LogP) is 2.74. The lowest BCUT2D eigenvalue weighted by atomic mass is 10.2. The second-order valence-electron chi connectivity index (χ2n) is 3.27. The van der Waals surface area contributed by atoms with Crippen molar-refractivity contribution in [2.75, 3.05) is 12.5 Å². The highest BCUT2D eigenvalue weighted by Crippen LogP contribution is 2.22. The first-order valence-corrected chi connectivity index (χ1v) is 5.54. The Morgan fingerprint density at radius 3 is 3.07 bits per heavy atom. The highest BCUT2D eigenvalue weighted by atomic mass is 35.5. The fraction of sp³-hybridized carbons (Fsp3) is 0.364. The normalized spacial score (nSPS) is 10.8. The Kier molecular flexibility index (Phi) is 3.11. The van der Waals surface area contributed by atoms with Crippen LogP contribution in [0.15, 0.2) is 18.2 Å². The van der Waals surface area contributed by atoms with Crippen LogP contribution in [0.1, 0.15) is 12.6 Å². The van der Waals surface area contributed by atoms with Gasteiger partial charge in [0.15, 0.2) is 0 Å². The molecule has 0 saturated heterocycles. The number of H-pyrrole nitrogens is 1. The summed E-state index contributed by atoms with van der Waals surface area (Å²) in [7, 11) is 0. The number of nitrogens with one attached hydrogen (secondary N) is 1. The first kappa shape index (κ1) is 10.3. The van der Waals surface area contributed by atoms with Crippen molar-refractivity contribution >= 4 is 22.5 Å². The molecule has 1 heterocycles. The maximum absolute atomic E-state index is 5.56. The molecule has 0 amide bonds. The van der Waals surface area contributed by atoms with Gasteiger partial charge in [0.25, 0.3) is 0 Å². The lowest BCUT2D eigenvalue weighted by molar-refractivity contribution is 0.343. The van der Waals surface area contributed by atoms with Gasteiger partial charge in [0.05, 0.1) is 11.4 Å². The van der Waals surface area contributed by atoms with Crippen molar-refractivity contribution < 1.29 is 4.74 Å². The molecule has 0 saturated carbocycles. The van der Waals surface area contributed by atoms with Gasteiger partial charge in [0.1, 0.15) is 12.4 Å². The van der Waals surface area contributed by atoms with Gasteiger partial charge < -0.3 is 4.74 Å². The standard InChI is InChI=1S/C11H13ClN2O/c1-2-10-9-7-8(15-6-5-12)3-4-11(9)14-13-10/h3-4,7H,2,5-6H2,1H3,(H,13,14). The van der Waals surface area contributed by atoms with Crippen LogP contribution in [0, 0.1) is 0 Å². The zero-order valence-corrected chi connectivity index (χ0v) is 9.34. The fourth-order valence-corrected chi connectivity index (χ4v) is 1.64. The maximum atomic E-state index is 5.56. The largest absolute Gasteiger partial charge is 0.492 e. The van der Waals surface area contributed by atoms with Crippen molar-refractivity contribution in [1.82, 2.24) is 10.2 Å². The predicted molar refractivity (Wildman–Crippen MR) is 61.7 cm³/mol. The maximum Gasteiger partial charge on any atom is 0.120 e. The van der Waals surface area contributed by atoms with Crippen molar-refractivity contribution in [2.45, 2.75) is 13.3 Å². The zero-order chi connectivity index (χ0) is 10.7. The van der Waals surface area contributed by atoms with E-state index in [1.165, 1.54) is 0 Å². The number of hydrogen-bond acceptors (Lipinski definition) is 2. The van der Waals surface area contributed by atoms with Crippen LogP contribution in [0.4, 0.5) is 0 Å². The van der Waals surface area contributed by atoms with Crippen LogP contribution in [0.3, 0.4) is 0 Å². The summed E-state index contributed by atoms with van der Waals surface area (Å²) < 4.78 is 5.46. The molecule has 0 spiro atoms. The Bertz CT molecular complexity index is 453. The summed E-state index contributed by atoms with van der Waals surface area (Å²) in [6, 6.07) is 5.87. The van der Waals surface area contributed by atoms with Crippen molar-refractivity contribution in [1.29, 1.82) is 0 Å². The SMILES string of the molecule is CCc1[nH]nc2ccc(OCCCl)cc12. The van der Waals surface area contributed by atoms with Crippen LogP contribution >= 0.6 is 11.6 Å². The minimum Gasteiger partial charge on any atom is -0.492 e. The Labute approximate surface area is 93.4 Å². The molecule has 0 unspecified atom stereocenters. The minimum atomic E-state index is 0.504. The van der Waals surface area contributed by atoms with Crippen molar-refractivity contribution in [3.05, 3.63) is 23.9 Å². The summed E-state index contributed by atoms with van der Waals surface area (Å²) in [5.41, 5.74) is 2.12. The Morgan fingerprint density at radius 2 is 2.33 bits per heavy atom. The summed E-state index contributed by atoms with van der Waals surface area (Å²) in [5, 5.41) is 8.35. The number of hydrogen-bond donors (Lipinski definition) is 1. The number of benzene rings is 1. The van der Waals surface area contributed by atoms with Gasteiger partial charge >= 0.3 is 0 Å². The molecule has 0 bridgehead atoms. The van der Waals surface area contributed by atoms with E-state index in [1.807, 2.05) is 18.2 Å². The van der Waals surface area contributed by atoms with Crippen LogP contribution in [0.2, 0.25) is 0 Å². The van der Waals surface area contributed by atoms with E-state index in [0.29, 0.717) is 12.5 Å². The first-order valence-electron chi connectivity index (χ1n) is 5.01. The first-order chi connectivity index (χ1) is 7.35. The molecule has 3 nitrogen and oxygen atoms in total. The molecule has 0 aliphatic carbocycles. The Morgan fingerprint density at radius 1 is 1.47 bits per heavy atom. The van der Waals surface area contributed by atoms with Gasteiger partial charge in [-0.1, -0.05) is 6.92 Å². The number of nitrogens with zero attached hydrogens (tertiary/aromatic N) is 1. The van der Waals surface area contributed by atoms with Crippen LogP contribution in [-0.4, -0.2) is 22.7 Å². The second kappa shape index (κ2) is 4.53.